The Morgan fingerprint density at radius 2 is 2.16 bits per heavy atom. The molecule has 104 valence electrons. The molecule has 0 fully saturated rings. The molecule has 0 radical (unpaired) electrons. The van der Waals surface area contributed by atoms with Gasteiger partial charge in [0.05, 0.1) is 6.54 Å². The van der Waals surface area contributed by atoms with Crippen molar-refractivity contribution in [3.05, 3.63) is 23.9 Å². The summed E-state index contributed by atoms with van der Waals surface area (Å²) >= 11 is 0. The van der Waals surface area contributed by atoms with Crippen molar-refractivity contribution in [1.29, 1.82) is 0 Å². The molecule has 0 aromatic carbocycles. The fraction of sp³-hybridized carbons (Fsp3) is 0.562. The number of anilines is 1. The zero-order valence-corrected chi connectivity index (χ0v) is 12.5. The van der Waals surface area contributed by atoms with Gasteiger partial charge in [0.1, 0.15) is 5.82 Å². The van der Waals surface area contributed by atoms with Crippen LogP contribution in [0.4, 0.5) is 5.82 Å². The molecule has 3 nitrogen and oxygen atoms in total. The fourth-order valence-electron chi connectivity index (χ4n) is 1.85. The highest BCUT2D eigenvalue weighted by Crippen LogP contribution is 2.18. The van der Waals surface area contributed by atoms with Crippen molar-refractivity contribution in [1.82, 2.24) is 10.3 Å². The minimum Gasteiger partial charge on any atom is -0.345 e. The lowest BCUT2D eigenvalue weighted by atomic mass is 10.1. The van der Waals surface area contributed by atoms with Crippen LogP contribution in [-0.2, 0) is 6.54 Å². The van der Waals surface area contributed by atoms with Crippen LogP contribution in [0.25, 0.3) is 0 Å². The largest absolute Gasteiger partial charge is 0.345 e. The Balaban J connectivity index is 2.90. The smallest absolute Gasteiger partial charge is 0.133 e. The number of aromatic nitrogens is 1. The van der Waals surface area contributed by atoms with E-state index in [1.54, 1.807) is 0 Å². The molecule has 0 aliphatic carbocycles. The van der Waals surface area contributed by atoms with Crippen LogP contribution in [-0.4, -0.2) is 23.6 Å². The molecular weight excluding hydrogens is 234 g/mol. The number of terminal acetylenes is 1. The van der Waals surface area contributed by atoms with E-state index in [4.69, 9.17) is 6.42 Å². The van der Waals surface area contributed by atoms with Crippen LogP contribution >= 0.6 is 0 Å². The van der Waals surface area contributed by atoms with Crippen LogP contribution in [0.15, 0.2) is 18.3 Å². The maximum Gasteiger partial charge on any atom is 0.133 e. The Kier molecular flexibility index (Phi) is 5.85. The van der Waals surface area contributed by atoms with Crippen molar-refractivity contribution in [2.75, 3.05) is 18.0 Å². The van der Waals surface area contributed by atoms with Gasteiger partial charge in [-0.3, -0.25) is 0 Å². The Morgan fingerprint density at radius 1 is 1.42 bits per heavy atom. The molecule has 1 heterocycles. The molecule has 3 heteroatoms. The van der Waals surface area contributed by atoms with Crippen molar-refractivity contribution in [3.63, 3.8) is 0 Å². The molecule has 0 unspecified atom stereocenters. The Bertz CT molecular complexity index is 426. The van der Waals surface area contributed by atoms with Crippen LogP contribution in [0.5, 0.6) is 0 Å². The highest BCUT2D eigenvalue weighted by molar-refractivity contribution is 5.47. The summed E-state index contributed by atoms with van der Waals surface area (Å²) < 4.78 is 0. The lowest BCUT2D eigenvalue weighted by molar-refractivity contribution is 0.424. The molecule has 1 aromatic rings. The molecule has 19 heavy (non-hydrogen) atoms. The Labute approximate surface area is 117 Å². The third-order valence-corrected chi connectivity index (χ3v) is 2.75. The maximum atomic E-state index is 5.46. The van der Waals surface area contributed by atoms with Crippen molar-refractivity contribution in [3.8, 4) is 12.3 Å². The summed E-state index contributed by atoms with van der Waals surface area (Å²) in [7, 11) is 0. The molecule has 0 aliphatic rings. The third kappa shape index (κ3) is 5.32. The predicted octanol–water partition coefficient (Wildman–Crippen LogP) is 2.82. The van der Waals surface area contributed by atoms with E-state index in [1.807, 2.05) is 12.3 Å². The van der Waals surface area contributed by atoms with E-state index in [0.717, 1.165) is 25.3 Å². The molecule has 1 N–H and O–H groups in total. The van der Waals surface area contributed by atoms with Crippen molar-refractivity contribution in [2.45, 2.75) is 46.2 Å². The molecule has 0 aliphatic heterocycles. The van der Waals surface area contributed by atoms with E-state index in [1.165, 1.54) is 5.56 Å². The average molecular weight is 259 g/mol. The monoisotopic (exact) mass is 259 g/mol. The van der Waals surface area contributed by atoms with Gasteiger partial charge < -0.3 is 10.2 Å². The summed E-state index contributed by atoms with van der Waals surface area (Å²) in [6.45, 7) is 11.0. The van der Waals surface area contributed by atoms with Crippen LogP contribution in [0.3, 0.4) is 0 Å². The lowest BCUT2D eigenvalue weighted by Crippen LogP contribution is -2.36. The standard InChI is InChI=1S/C16H25N3/c1-6-11-19(12-7-2)15-14(9-8-10-17-15)13-18-16(3,4)5/h1,8-10,18H,7,11-13H2,2-5H3. The number of hydrogen-bond acceptors (Lipinski definition) is 3. The van der Waals surface area contributed by atoms with E-state index in [2.05, 4.69) is 54.9 Å². The van der Waals surface area contributed by atoms with Crippen molar-refractivity contribution < 1.29 is 0 Å². The molecular formula is C16H25N3. The molecule has 0 saturated carbocycles. The quantitative estimate of drug-likeness (QED) is 0.796. The van der Waals surface area contributed by atoms with Crippen molar-refractivity contribution in [2.24, 2.45) is 0 Å². The highest BCUT2D eigenvalue weighted by Gasteiger charge is 2.14. The SMILES string of the molecule is C#CCN(CCC)c1ncccc1CNC(C)(C)C. The zero-order valence-electron chi connectivity index (χ0n) is 12.5. The molecule has 0 bridgehead atoms. The van der Waals surface area contributed by atoms with Gasteiger partial charge >= 0.3 is 0 Å². The van der Waals surface area contributed by atoms with Gasteiger partial charge in [-0.05, 0) is 33.3 Å². The molecule has 0 spiro atoms. The molecule has 0 saturated heterocycles. The summed E-state index contributed by atoms with van der Waals surface area (Å²) in [6.07, 6.45) is 8.34. The number of nitrogens with one attached hydrogen (secondary N) is 1. The van der Waals surface area contributed by atoms with Gasteiger partial charge in [-0.25, -0.2) is 4.98 Å². The second-order valence-corrected chi connectivity index (χ2v) is 5.72. The van der Waals surface area contributed by atoms with Gasteiger partial charge in [0.25, 0.3) is 0 Å². The van der Waals surface area contributed by atoms with Crippen LogP contribution < -0.4 is 10.2 Å². The highest BCUT2D eigenvalue weighted by atomic mass is 15.2. The van der Waals surface area contributed by atoms with Crippen molar-refractivity contribution >= 4 is 5.82 Å². The number of rotatable bonds is 6. The molecule has 1 aromatic heterocycles. The first-order chi connectivity index (χ1) is 8.98. The first-order valence-corrected chi connectivity index (χ1v) is 6.85. The Hall–Kier alpha value is -1.53. The van der Waals surface area contributed by atoms with E-state index in [-0.39, 0.29) is 5.54 Å². The topological polar surface area (TPSA) is 28.2 Å². The van der Waals surface area contributed by atoms with Crippen LogP contribution in [0.2, 0.25) is 0 Å². The fourth-order valence-corrected chi connectivity index (χ4v) is 1.85. The minimum atomic E-state index is 0.0921. The van der Waals surface area contributed by atoms with E-state index >= 15 is 0 Å². The van der Waals surface area contributed by atoms with Gasteiger partial charge in [-0.1, -0.05) is 18.9 Å². The van der Waals surface area contributed by atoms with Gasteiger partial charge in [0.15, 0.2) is 0 Å². The summed E-state index contributed by atoms with van der Waals surface area (Å²) in [4.78, 5) is 6.67. The summed E-state index contributed by atoms with van der Waals surface area (Å²) in [5, 5.41) is 3.50. The maximum absolute atomic E-state index is 5.46. The first-order valence-electron chi connectivity index (χ1n) is 6.85. The van der Waals surface area contributed by atoms with Gasteiger partial charge in [0.2, 0.25) is 0 Å². The van der Waals surface area contributed by atoms with E-state index in [9.17, 15) is 0 Å². The Morgan fingerprint density at radius 3 is 2.74 bits per heavy atom. The predicted molar refractivity (Wildman–Crippen MR) is 82.2 cm³/mol. The molecule has 1 rings (SSSR count). The minimum absolute atomic E-state index is 0.0921. The lowest BCUT2D eigenvalue weighted by Gasteiger charge is -2.26. The second kappa shape index (κ2) is 7.16. The summed E-state index contributed by atoms with van der Waals surface area (Å²) in [6, 6.07) is 4.09. The normalized spacial score (nSPS) is 11.1. The summed E-state index contributed by atoms with van der Waals surface area (Å²) in [5.41, 5.74) is 1.29. The first kappa shape index (κ1) is 15.5. The van der Waals surface area contributed by atoms with Crippen LogP contribution in [0.1, 0.15) is 39.7 Å². The van der Waals surface area contributed by atoms with Gasteiger partial charge in [0, 0.05) is 30.4 Å². The molecule has 0 atom stereocenters. The van der Waals surface area contributed by atoms with Gasteiger partial charge in [-0.2, -0.15) is 0 Å². The van der Waals surface area contributed by atoms with Crippen LogP contribution in [0, 0.1) is 12.3 Å². The number of pyridine rings is 1. The number of nitrogens with zero attached hydrogens (tertiary/aromatic N) is 2. The van der Waals surface area contributed by atoms with E-state index in [0.29, 0.717) is 6.54 Å². The second-order valence-electron chi connectivity index (χ2n) is 5.72. The van der Waals surface area contributed by atoms with E-state index < -0.39 is 0 Å². The average Bonchev–Trinajstić information content (AvgIpc) is 2.36. The van der Waals surface area contributed by atoms with Gasteiger partial charge in [-0.15, -0.1) is 6.42 Å². The summed E-state index contributed by atoms with van der Waals surface area (Å²) in [5.74, 6) is 3.72. The molecule has 0 amide bonds. The zero-order chi connectivity index (χ0) is 14.3. The third-order valence-electron chi connectivity index (χ3n) is 2.75. The number of hydrogen-bond donors (Lipinski definition) is 1.